The van der Waals surface area contributed by atoms with Crippen LogP contribution >= 0.6 is 22.9 Å². The van der Waals surface area contributed by atoms with E-state index in [0.29, 0.717) is 27.7 Å². The number of methoxy groups -OCH3 is 1. The van der Waals surface area contributed by atoms with E-state index in [0.717, 1.165) is 4.88 Å². The molecule has 0 spiro atoms. The highest BCUT2D eigenvalue weighted by Crippen LogP contribution is 2.26. The number of halogens is 1. The van der Waals surface area contributed by atoms with E-state index < -0.39 is 5.60 Å². The first-order chi connectivity index (χ1) is 12.9. The Balaban J connectivity index is 2.72. The van der Waals surface area contributed by atoms with E-state index in [1.54, 1.807) is 38.2 Å². The van der Waals surface area contributed by atoms with E-state index >= 15 is 0 Å². The van der Waals surface area contributed by atoms with Crippen molar-refractivity contribution < 1.29 is 9.84 Å². The lowest BCUT2D eigenvalue weighted by Crippen LogP contribution is -2.31. The van der Waals surface area contributed by atoms with Crippen LogP contribution in [-0.2, 0) is 12.0 Å². The molecule has 0 aliphatic heterocycles. The second kappa shape index (κ2) is 8.48. The van der Waals surface area contributed by atoms with Crippen LogP contribution in [0, 0.1) is 11.5 Å². The van der Waals surface area contributed by atoms with Gasteiger partial charge in [-0.3, -0.25) is 0 Å². The van der Waals surface area contributed by atoms with Crippen LogP contribution in [0.3, 0.4) is 0 Å². The highest BCUT2D eigenvalue weighted by Gasteiger charge is 2.21. The van der Waals surface area contributed by atoms with Gasteiger partial charge >= 0.3 is 0 Å². The van der Waals surface area contributed by atoms with Gasteiger partial charge < -0.3 is 14.4 Å². The highest BCUT2D eigenvalue weighted by atomic mass is 35.5. The summed E-state index contributed by atoms with van der Waals surface area (Å²) in [4.78, 5) is 10.3. The minimum Gasteiger partial charge on any atom is -0.496 e. The number of nitriles is 1. The fourth-order valence-electron chi connectivity index (χ4n) is 2.48. The Morgan fingerprint density at radius 1 is 1.32 bits per heavy atom. The summed E-state index contributed by atoms with van der Waals surface area (Å²) in [6.07, 6.45) is 3.79. The van der Waals surface area contributed by atoms with Crippen molar-refractivity contribution in [2.24, 2.45) is 9.98 Å². The predicted octanol–water partition coefficient (Wildman–Crippen LogP) is 4.11. The molecule has 1 aromatic heterocycles. The zero-order valence-electron chi connectivity index (χ0n) is 16.9. The van der Waals surface area contributed by atoms with Crippen LogP contribution in [0.25, 0.3) is 0 Å². The van der Waals surface area contributed by atoms with Gasteiger partial charge in [0.25, 0.3) is 0 Å². The van der Waals surface area contributed by atoms with Gasteiger partial charge in [0.15, 0.2) is 10.6 Å². The van der Waals surface area contributed by atoms with Crippen molar-refractivity contribution in [3.8, 4) is 11.9 Å². The monoisotopic (exact) mass is 420 g/mol. The molecule has 2 aromatic rings. The number of aliphatic imine (C=N–C) groups is 1. The maximum Gasteiger partial charge on any atom is 0.207 e. The second-order valence-corrected chi connectivity index (χ2v) is 9.51. The van der Waals surface area contributed by atoms with Crippen LogP contribution in [0.4, 0.5) is 0 Å². The quantitative estimate of drug-likeness (QED) is 0.459. The first-order valence-electron chi connectivity index (χ1n) is 8.73. The molecule has 0 unspecified atom stereocenters. The summed E-state index contributed by atoms with van der Waals surface area (Å²) in [5, 5.41) is 20.0. The molecule has 2 rings (SSSR count). The molecule has 1 N–H and O–H groups in total. The molecule has 0 atom stereocenters. The molecule has 0 saturated carbocycles. The molecular weight excluding hydrogens is 396 g/mol. The summed E-state index contributed by atoms with van der Waals surface area (Å²) in [5.74, 6) is 0.720. The molecule has 8 heteroatoms. The first-order valence-corrected chi connectivity index (χ1v) is 9.92. The lowest BCUT2D eigenvalue weighted by Gasteiger charge is -2.18. The van der Waals surface area contributed by atoms with Gasteiger partial charge in [-0.1, -0.05) is 32.4 Å². The Morgan fingerprint density at radius 2 is 2.00 bits per heavy atom. The third kappa shape index (κ3) is 5.68. The summed E-state index contributed by atoms with van der Waals surface area (Å²) in [6.45, 7) is 10.2. The molecule has 0 aliphatic carbocycles. The third-order valence-corrected chi connectivity index (χ3v) is 5.46. The van der Waals surface area contributed by atoms with Gasteiger partial charge in [0.2, 0.25) is 6.19 Å². The van der Waals surface area contributed by atoms with Crippen LogP contribution in [0.1, 0.15) is 45.1 Å². The molecule has 1 aromatic carbocycles. The van der Waals surface area contributed by atoms with Gasteiger partial charge in [-0.05, 0) is 37.5 Å². The van der Waals surface area contributed by atoms with Crippen molar-refractivity contribution in [1.29, 1.82) is 5.26 Å². The number of rotatable bonds is 4. The molecule has 0 amide bonds. The van der Waals surface area contributed by atoms with Crippen molar-refractivity contribution in [3.05, 3.63) is 44.7 Å². The summed E-state index contributed by atoms with van der Waals surface area (Å²) in [5.41, 5.74) is -0.483. The number of aromatic nitrogens is 1. The molecule has 0 radical (unpaired) electrons. The van der Waals surface area contributed by atoms with Crippen molar-refractivity contribution in [2.75, 3.05) is 7.11 Å². The minimum atomic E-state index is -0.925. The molecule has 1 heterocycles. The maximum absolute atomic E-state index is 10.3. The number of hydrogen-bond acceptors (Lipinski definition) is 5. The molecule has 150 valence electrons. The van der Waals surface area contributed by atoms with Crippen LogP contribution in [-0.4, -0.2) is 28.2 Å². The number of amidine groups is 1. The van der Waals surface area contributed by atoms with E-state index in [-0.39, 0.29) is 11.3 Å². The largest absolute Gasteiger partial charge is 0.496 e. The first kappa shape index (κ1) is 22.2. The van der Waals surface area contributed by atoms with E-state index in [1.807, 2.05) is 10.8 Å². The van der Waals surface area contributed by atoms with Crippen LogP contribution in [0.15, 0.2) is 34.4 Å². The van der Waals surface area contributed by atoms with E-state index in [4.69, 9.17) is 16.3 Å². The Kier molecular flexibility index (Phi) is 6.71. The van der Waals surface area contributed by atoms with Crippen molar-refractivity contribution in [2.45, 2.75) is 52.2 Å². The van der Waals surface area contributed by atoms with Crippen molar-refractivity contribution in [3.63, 3.8) is 0 Å². The Morgan fingerprint density at radius 3 is 2.54 bits per heavy atom. The van der Waals surface area contributed by atoms with Crippen molar-refractivity contribution >= 4 is 28.8 Å². The number of aliphatic hydroxyl groups is 1. The maximum atomic E-state index is 10.3. The van der Waals surface area contributed by atoms with Crippen LogP contribution in [0.2, 0.25) is 5.02 Å². The predicted molar refractivity (Wildman–Crippen MR) is 113 cm³/mol. The zero-order valence-corrected chi connectivity index (χ0v) is 18.5. The number of benzene rings is 1. The summed E-state index contributed by atoms with van der Waals surface area (Å²) in [7, 11) is 1.54. The lowest BCUT2D eigenvalue weighted by atomic mass is 9.95. The number of thiazole rings is 1. The van der Waals surface area contributed by atoms with E-state index in [1.165, 1.54) is 18.4 Å². The molecule has 0 aliphatic rings. The molecule has 0 fully saturated rings. The smallest absolute Gasteiger partial charge is 0.207 e. The van der Waals surface area contributed by atoms with Gasteiger partial charge in [0.1, 0.15) is 5.75 Å². The highest BCUT2D eigenvalue weighted by molar-refractivity contribution is 7.09. The average molecular weight is 421 g/mol. The van der Waals surface area contributed by atoms with E-state index in [2.05, 4.69) is 30.8 Å². The number of hydrogen-bond donors (Lipinski definition) is 1. The van der Waals surface area contributed by atoms with Crippen molar-refractivity contribution in [1.82, 2.24) is 4.57 Å². The normalized spacial score (nSPS) is 13.5. The number of ether oxygens (including phenoxy) is 1. The molecule has 0 saturated heterocycles. The van der Waals surface area contributed by atoms with Crippen LogP contribution < -0.4 is 9.54 Å². The Bertz CT molecular complexity index is 985. The minimum absolute atomic E-state index is 0.0833. The van der Waals surface area contributed by atoms with E-state index in [9.17, 15) is 10.4 Å². The number of nitrogens with zero attached hydrogens (tertiary/aromatic N) is 4. The second-order valence-electron chi connectivity index (χ2n) is 8.06. The molecule has 28 heavy (non-hydrogen) atoms. The van der Waals surface area contributed by atoms with Gasteiger partial charge in [0.05, 0.1) is 24.8 Å². The fraction of sp³-hybridized carbons (Fsp3) is 0.450. The molecular formula is C20H25ClN4O2S. The third-order valence-electron chi connectivity index (χ3n) is 3.78. The molecule has 6 nitrogen and oxygen atoms in total. The summed E-state index contributed by atoms with van der Waals surface area (Å²) >= 11 is 7.63. The summed E-state index contributed by atoms with van der Waals surface area (Å²) in [6, 6.07) is 5.07. The average Bonchev–Trinajstić information content (AvgIpc) is 2.95. The molecule has 0 bridgehead atoms. The summed E-state index contributed by atoms with van der Waals surface area (Å²) < 4.78 is 7.27. The van der Waals surface area contributed by atoms with Gasteiger partial charge in [-0.15, -0.1) is 11.3 Å². The Hall–Kier alpha value is -2.14. The topological polar surface area (TPSA) is 82.9 Å². The standard InChI is InChI=1S/C20H25ClN4O2S/c1-19(2,3)16-10-25(11-20(4,5)26)18(28-16)24-17(23-12-22)14-9-13(21)7-8-15(14)27-6/h7-10,26H,11H2,1-6H3. The van der Waals surface area contributed by atoms with Gasteiger partial charge in [-0.2, -0.15) is 15.2 Å². The fourth-order valence-corrected chi connectivity index (χ4v) is 3.70. The lowest BCUT2D eigenvalue weighted by molar-refractivity contribution is 0.0607. The SMILES string of the molecule is COc1ccc(Cl)cc1C(=NC#N)N=c1sc(C(C)(C)C)cn1CC(C)(C)O. The van der Waals surface area contributed by atoms with Gasteiger partial charge in [0, 0.05) is 16.1 Å². The van der Waals surface area contributed by atoms with Crippen LogP contribution in [0.5, 0.6) is 5.75 Å². The van der Waals surface area contributed by atoms with Gasteiger partial charge in [-0.25, -0.2) is 0 Å². The Labute approximate surface area is 174 Å². The zero-order chi connectivity index (χ0) is 21.1.